The second-order valence-corrected chi connectivity index (χ2v) is 3.14. The van der Waals surface area contributed by atoms with E-state index in [1.165, 1.54) is 18.2 Å². The highest BCUT2D eigenvalue weighted by molar-refractivity contribution is 5.73. The summed E-state index contributed by atoms with van der Waals surface area (Å²) < 4.78 is 28.2. The van der Waals surface area contributed by atoms with Crippen molar-refractivity contribution in [3.63, 3.8) is 0 Å². The molecular weight excluding hydrogens is 238 g/mol. The van der Waals surface area contributed by atoms with Gasteiger partial charge in [-0.3, -0.25) is 0 Å². The molecule has 0 bridgehead atoms. The zero-order valence-corrected chi connectivity index (χ0v) is 8.46. The Hall–Kier alpha value is -1.73. The molecule has 2 unspecified atom stereocenters. The van der Waals surface area contributed by atoms with Crippen LogP contribution in [0.15, 0.2) is 24.3 Å². The van der Waals surface area contributed by atoms with Crippen LogP contribution in [0, 0.1) is 0 Å². The molecule has 17 heavy (non-hydrogen) atoms. The van der Waals surface area contributed by atoms with Gasteiger partial charge in [0.05, 0.1) is 0 Å². The molecule has 7 heteroatoms. The Morgan fingerprint density at radius 3 is 2.35 bits per heavy atom. The Morgan fingerprint density at radius 2 is 1.82 bits per heavy atom. The van der Waals surface area contributed by atoms with Gasteiger partial charge in [0.2, 0.25) is 0 Å². The molecule has 94 valence electrons. The zero-order valence-electron chi connectivity index (χ0n) is 8.46. The van der Waals surface area contributed by atoms with Crippen LogP contribution in [-0.2, 0) is 4.79 Å². The second kappa shape index (κ2) is 5.55. The van der Waals surface area contributed by atoms with Gasteiger partial charge in [-0.2, -0.15) is 8.78 Å². The summed E-state index contributed by atoms with van der Waals surface area (Å²) >= 11 is 0. The third-order valence-corrected chi connectivity index (χ3v) is 2.01. The van der Waals surface area contributed by atoms with Crippen LogP contribution in [0.2, 0.25) is 0 Å². The number of ether oxygens (including phenoxy) is 1. The minimum atomic E-state index is -3.11. The van der Waals surface area contributed by atoms with Crippen molar-refractivity contribution in [1.29, 1.82) is 0 Å². The molecular formula is C10H10F2O5. The van der Waals surface area contributed by atoms with Crippen molar-refractivity contribution in [3.8, 4) is 5.75 Å². The van der Waals surface area contributed by atoms with Gasteiger partial charge in [0.25, 0.3) is 0 Å². The van der Waals surface area contributed by atoms with Gasteiger partial charge >= 0.3 is 12.6 Å². The van der Waals surface area contributed by atoms with Crippen molar-refractivity contribution in [3.05, 3.63) is 29.8 Å². The van der Waals surface area contributed by atoms with E-state index in [1.54, 1.807) is 0 Å². The minimum absolute atomic E-state index is 0.220. The van der Waals surface area contributed by atoms with Gasteiger partial charge in [0, 0.05) is 5.56 Å². The number of hydrogen-bond acceptors (Lipinski definition) is 4. The molecule has 0 amide bonds. The first-order valence-electron chi connectivity index (χ1n) is 4.56. The number of carboxylic acid groups (broad SMARTS) is 1. The number of benzene rings is 1. The summed E-state index contributed by atoms with van der Waals surface area (Å²) in [4.78, 5) is 10.4. The lowest BCUT2D eigenvalue weighted by Crippen LogP contribution is -2.28. The number of halogens is 2. The van der Waals surface area contributed by atoms with Crippen molar-refractivity contribution in [2.45, 2.75) is 18.8 Å². The van der Waals surface area contributed by atoms with E-state index >= 15 is 0 Å². The van der Waals surface area contributed by atoms with Crippen molar-refractivity contribution < 1.29 is 33.6 Å². The molecule has 5 nitrogen and oxygen atoms in total. The first-order chi connectivity index (χ1) is 7.93. The van der Waals surface area contributed by atoms with Crippen LogP contribution in [0.3, 0.4) is 0 Å². The maximum Gasteiger partial charge on any atom is 0.387 e. The molecule has 0 aromatic heterocycles. The smallest absolute Gasteiger partial charge is 0.387 e. The van der Waals surface area contributed by atoms with Crippen molar-refractivity contribution in [2.75, 3.05) is 0 Å². The number of hydrogen-bond donors (Lipinski definition) is 3. The fraction of sp³-hybridized carbons (Fsp3) is 0.300. The van der Waals surface area contributed by atoms with Gasteiger partial charge < -0.3 is 20.1 Å². The number of rotatable bonds is 5. The summed E-state index contributed by atoms with van der Waals surface area (Å²) in [5.41, 5.74) is -0.220. The summed E-state index contributed by atoms with van der Waals surface area (Å²) in [5, 5.41) is 27.1. The summed E-state index contributed by atoms with van der Waals surface area (Å²) in [6.07, 6.45) is -3.96. The predicted octanol–water partition coefficient (Wildman–Crippen LogP) is 0.767. The number of para-hydroxylation sites is 1. The average Bonchev–Trinajstić information content (AvgIpc) is 2.27. The van der Waals surface area contributed by atoms with Crippen LogP contribution < -0.4 is 4.74 Å². The molecule has 3 N–H and O–H groups in total. The fourth-order valence-electron chi connectivity index (χ4n) is 1.23. The van der Waals surface area contributed by atoms with E-state index in [4.69, 9.17) is 10.2 Å². The standard InChI is InChI=1S/C10H10F2O5/c11-10(12)17-6-4-2-1-3-5(6)7(13)8(14)9(15)16/h1-4,7-8,10,13-14H,(H,15,16). The summed E-state index contributed by atoms with van der Waals surface area (Å²) in [6, 6.07) is 5.10. The molecule has 0 aliphatic carbocycles. The van der Waals surface area contributed by atoms with Gasteiger partial charge in [-0.05, 0) is 6.07 Å². The van der Waals surface area contributed by atoms with E-state index in [0.717, 1.165) is 6.07 Å². The van der Waals surface area contributed by atoms with Crippen molar-refractivity contribution in [2.24, 2.45) is 0 Å². The molecule has 2 atom stereocenters. The van der Waals surface area contributed by atoms with Crippen LogP contribution >= 0.6 is 0 Å². The van der Waals surface area contributed by atoms with E-state index in [1.807, 2.05) is 0 Å². The highest BCUT2D eigenvalue weighted by atomic mass is 19.3. The quantitative estimate of drug-likeness (QED) is 0.716. The van der Waals surface area contributed by atoms with E-state index < -0.39 is 24.8 Å². The van der Waals surface area contributed by atoms with Gasteiger partial charge in [0.1, 0.15) is 11.9 Å². The number of alkyl halides is 2. The Balaban J connectivity index is 3.00. The Morgan fingerprint density at radius 1 is 1.24 bits per heavy atom. The normalized spacial score (nSPS) is 14.4. The van der Waals surface area contributed by atoms with Crippen LogP contribution in [-0.4, -0.2) is 34.0 Å². The summed E-state index contributed by atoms with van der Waals surface area (Å²) in [7, 11) is 0. The Labute approximate surface area is 94.9 Å². The van der Waals surface area contributed by atoms with Crippen LogP contribution in [0.4, 0.5) is 8.78 Å². The monoisotopic (exact) mass is 248 g/mol. The molecule has 0 saturated heterocycles. The highest BCUT2D eigenvalue weighted by Crippen LogP contribution is 2.28. The fourth-order valence-corrected chi connectivity index (χ4v) is 1.23. The number of carboxylic acids is 1. The van der Waals surface area contributed by atoms with E-state index in [0.29, 0.717) is 0 Å². The Kier molecular flexibility index (Phi) is 4.36. The molecule has 0 saturated carbocycles. The molecule has 0 aliphatic rings. The number of aliphatic carboxylic acids is 1. The lowest BCUT2D eigenvalue weighted by Gasteiger charge is -2.17. The van der Waals surface area contributed by atoms with E-state index in [2.05, 4.69) is 4.74 Å². The topological polar surface area (TPSA) is 87.0 Å². The van der Waals surface area contributed by atoms with E-state index in [9.17, 15) is 18.7 Å². The summed E-state index contributed by atoms with van der Waals surface area (Å²) in [5.74, 6) is -2.04. The van der Waals surface area contributed by atoms with Gasteiger partial charge in [-0.15, -0.1) is 0 Å². The highest BCUT2D eigenvalue weighted by Gasteiger charge is 2.28. The van der Waals surface area contributed by atoms with Crippen molar-refractivity contribution in [1.82, 2.24) is 0 Å². The van der Waals surface area contributed by atoms with Crippen LogP contribution in [0.1, 0.15) is 11.7 Å². The van der Waals surface area contributed by atoms with E-state index in [-0.39, 0.29) is 11.3 Å². The van der Waals surface area contributed by atoms with Gasteiger partial charge in [0.15, 0.2) is 6.10 Å². The second-order valence-electron chi connectivity index (χ2n) is 3.14. The molecule has 0 spiro atoms. The molecule has 1 rings (SSSR count). The average molecular weight is 248 g/mol. The largest absolute Gasteiger partial charge is 0.479 e. The zero-order chi connectivity index (χ0) is 13.0. The molecule has 1 aromatic carbocycles. The van der Waals surface area contributed by atoms with Crippen LogP contribution in [0.25, 0.3) is 0 Å². The SMILES string of the molecule is O=C(O)C(O)C(O)c1ccccc1OC(F)F. The third kappa shape index (κ3) is 3.36. The van der Waals surface area contributed by atoms with Gasteiger partial charge in [-0.25, -0.2) is 4.79 Å². The Bertz CT molecular complexity index is 396. The number of aliphatic hydroxyl groups excluding tert-OH is 2. The first kappa shape index (κ1) is 13.3. The third-order valence-electron chi connectivity index (χ3n) is 2.01. The van der Waals surface area contributed by atoms with Crippen LogP contribution in [0.5, 0.6) is 5.75 Å². The lowest BCUT2D eigenvalue weighted by molar-refractivity contribution is -0.153. The maximum absolute atomic E-state index is 12.0. The number of carbonyl (C=O) groups is 1. The predicted molar refractivity (Wildman–Crippen MR) is 51.7 cm³/mol. The molecule has 0 aliphatic heterocycles. The van der Waals surface area contributed by atoms with Crippen molar-refractivity contribution >= 4 is 5.97 Å². The lowest BCUT2D eigenvalue weighted by atomic mass is 10.0. The summed E-state index contributed by atoms with van der Waals surface area (Å²) in [6.45, 7) is -3.11. The number of aliphatic hydroxyl groups is 2. The molecule has 0 fully saturated rings. The van der Waals surface area contributed by atoms with Gasteiger partial charge in [-0.1, -0.05) is 18.2 Å². The molecule has 0 radical (unpaired) electrons. The first-order valence-corrected chi connectivity index (χ1v) is 4.56. The maximum atomic E-state index is 12.0. The molecule has 1 aromatic rings. The molecule has 0 heterocycles. The minimum Gasteiger partial charge on any atom is -0.479 e.